The van der Waals surface area contributed by atoms with Crippen molar-refractivity contribution in [1.82, 2.24) is 0 Å². The van der Waals surface area contributed by atoms with E-state index in [1.165, 1.54) is 0 Å². The van der Waals surface area contributed by atoms with Gasteiger partial charge in [-0.05, 0) is 0 Å². The van der Waals surface area contributed by atoms with E-state index in [0.717, 1.165) is 0 Å². The van der Waals surface area contributed by atoms with Crippen LogP contribution in [-0.4, -0.2) is 0 Å². The molecule has 0 bridgehead atoms. The minimum atomic E-state index is 1.60. The van der Waals surface area contributed by atoms with Crippen molar-refractivity contribution in [3.05, 3.63) is 6.92 Å². The fourth-order valence-electron chi connectivity index (χ4n) is 0. The Balaban J connectivity index is 0. The first kappa shape index (κ1) is 8.83. The first-order valence-electron chi connectivity index (χ1n) is 0.884. The van der Waals surface area contributed by atoms with Gasteiger partial charge in [-0.1, -0.05) is 0 Å². The third kappa shape index (κ3) is 27.4. The molecule has 0 radical (unpaired) electrons. The van der Waals surface area contributed by atoms with Crippen molar-refractivity contribution in [2.24, 2.45) is 0 Å². The van der Waals surface area contributed by atoms with E-state index < -0.39 is 0 Å². The van der Waals surface area contributed by atoms with Crippen molar-refractivity contribution in [3.63, 3.8) is 0 Å². The molecule has 0 saturated carbocycles. The minimum absolute atomic E-state index is 1.60. The van der Waals surface area contributed by atoms with Gasteiger partial charge >= 0.3 is 22.2 Å². The molecule has 4 heavy (non-hydrogen) atoms. The SMILES string of the molecule is [CH2-]C.[NH]=[Ru+]. The molecule has 0 aromatic rings. The Kier molecular flexibility index (Phi) is 248. The number of hydrogen-bond acceptors (Lipinski definition) is 1. The van der Waals surface area contributed by atoms with Gasteiger partial charge < -0.3 is 6.92 Å². The van der Waals surface area contributed by atoms with E-state index in [1.807, 2.05) is 0 Å². The summed E-state index contributed by atoms with van der Waals surface area (Å²) in [5, 5.41) is 0. The Morgan fingerprint density at radius 3 is 1.50 bits per heavy atom. The van der Waals surface area contributed by atoms with Gasteiger partial charge in [0.1, 0.15) is 0 Å². The van der Waals surface area contributed by atoms with Gasteiger partial charge in [0.05, 0.1) is 0 Å². The molecule has 0 rings (SSSR count). The Bertz CT molecular complexity index is 6.00. The van der Waals surface area contributed by atoms with Gasteiger partial charge in [-0.15, -0.1) is 0 Å². The monoisotopic (exact) mass is 146 g/mol. The predicted octanol–water partition coefficient (Wildman–Crippen LogP) is 1.14. The molecule has 0 aliphatic heterocycles. The third-order valence-electron chi connectivity index (χ3n) is 0. The Morgan fingerprint density at radius 1 is 1.50 bits per heavy atom. The molecule has 0 aliphatic carbocycles. The van der Waals surface area contributed by atoms with Crippen LogP contribution in [0.2, 0.25) is 0 Å². The maximum atomic E-state index is 5.68. The van der Waals surface area contributed by atoms with Crippen molar-refractivity contribution in [2.75, 3.05) is 0 Å². The molecule has 1 nitrogen and oxygen atoms in total. The quantitative estimate of drug-likeness (QED) is 0.390. The normalized spacial score (nSPS) is 2.50. The average molecular weight is 145 g/mol. The molecule has 0 aromatic heterocycles. The second-order valence-corrected chi connectivity index (χ2v) is 0. The zero-order valence-corrected chi connectivity index (χ0v) is 4.30. The van der Waals surface area contributed by atoms with Crippen LogP contribution in [0.1, 0.15) is 6.92 Å². The van der Waals surface area contributed by atoms with Crippen LogP contribution in [0.3, 0.4) is 0 Å². The molecule has 0 atom stereocenters. The number of hydrogen-bond donors (Lipinski definition) is 1. The molecule has 0 fully saturated rings. The van der Waals surface area contributed by atoms with Crippen LogP contribution in [0.4, 0.5) is 0 Å². The summed E-state index contributed by atoms with van der Waals surface area (Å²) in [6, 6.07) is 0. The number of rotatable bonds is 0. The molecule has 2 heteroatoms. The van der Waals surface area contributed by atoms with Crippen molar-refractivity contribution in [3.8, 4) is 0 Å². The average Bonchev–Trinajstić information content (AvgIpc) is 1.50. The summed E-state index contributed by atoms with van der Waals surface area (Å²) >= 11 is 1.60. The fourth-order valence-corrected chi connectivity index (χ4v) is 0. The van der Waals surface area contributed by atoms with Crippen molar-refractivity contribution in [2.45, 2.75) is 6.92 Å². The van der Waals surface area contributed by atoms with E-state index in [-0.39, 0.29) is 0 Å². The summed E-state index contributed by atoms with van der Waals surface area (Å²) in [7, 11) is 0. The van der Waals surface area contributed by atoms with E-state index in [9.17, 15) is 0 Å². The van der Waals surface area contributed by atoms with Crippen LogP contribution < -0.4 is 0 Å². The molecule has 0 aromatic carbocycles. The van der Waals surface area contributed by atoms with Gasteiger partial charge in [0.25, 0.3) is 0 Å². The summed E-state index contributed by atoms with van der Waals surface area (Å²) in [5.74, 6) is 0. The Hall–Kier alpha value is 0.423. The zero-order chi connectivity index (χ0) is 4.00. The summed E-state index contributed by atoms with van der Waals surface area (Å²) in [6.07, 6.45) is 0. The van der Waals surface area contributed by atoms with Crippen LogP contribution in [0.25, 0.3) is 0 Å². The molecule has 27 valence electrons. The van der Waals surface area contributed by atoms with Gasteiger partial charge in [-0.25, -0.2) is 0 Å². The Labute approximate surface area is 36.7 Å². The molecule has 0 heterocycles. The summed E-state index contributed by atoms with van der Waals surface area (Å²) in [6.45, 7) is 5.00. The van der Waals surface area contributed by atoms with Gasteiger partial charge in [0.15, 0.2) is 0 Å². The van der Waals surface area contributed by atoms with Gasteiger partial charge in [-0.3, -0.25) is 0 Å². The van der Waals surface area contributed by atoms with Crippen molar-refractivity contribution < 1.29 is 18.1 Å². The second-order valence-electron chi connectivity index (χ2n) is 0. The Morgan fingerprint density at radius 2 is 1.50 bits per heavy atom. The summed E-state index contributed by atoms with van der Waals surface area (Å²) < 4.78 is 5.68. The first-order chi connectivity index (χ1) is 2.00. The van der Waals surface area contributed by atoms with Gasteiger partial charge in [0, 0.05) is 0 Å². The van der Waals surface area contributed by atoms with Crippen molar-refractivity contribution in [1.29, 1.82) is 4.10 Å². The third-order valence-corrected chi connectivity index (χ3v) is 0. The van der Waals surface area contributed by atoms with E-state index in [1.54, 1.807) is 25.0 Å². The molecular formula is C2H6NRu. The van der Waals surface area contributed by atoms with Crippen LogP contribution in [-0.2, 0) is 18.1 Å². The molecular weight excluding hydrogens is 139 g/mol. The maximum absolute atomic E-state index is 5.68. The molecule has 0 unspecified atom stereocenters. The summed E-state index contributed by atoms with van der Waals surface area (Å²) in [4.78, 5) is 0. The fraction of sp³-hybridized carbons (Fsp3) is 0.500. The molecule has 0 amide bonds. The second kappa shape index (κ2) is 112. The first-order valence-corrected chi connectivity index (χ1v) is 1.75. The number of nitrogens with one attached hydrogen (secondary N) is 1. The van der Waals surface area contributed by atoms with Gasteiger partial charge in [0.2, 0.25) is 0 Å². The molecule has 0 spiro atoms. The zero-order valence-electron chi connectivity index (χ0n) is 2.56. The molecule has 0 saturated heterocycles. The van der Waals surface area contributed by atoms with Crippen molar-refractivity contribution >= 4 is 0 Å². The van der Waals surface area contributed by atoms with E-state index in [4.69, 9.17) is 4.10 Å². The van der Waals surface area contributed by atoms with Crippen LogP contribution in [0.5, 0.6) is 0 Å². The van der Waals surface area contributed by atoms with Crippen LogP contribution >= 0.6 is 0 Å². The topological polar surface area (TPSA) is 23.9 Å². The molecule has 1 N–H and O–H groups in total. The molecule has 0 aliphatic rings. The van der Waals surface area contributed by atoms with E-state index in [0.29, 0.717) is 0 Å². The summed E-state index contributed by atoms with van der Waals surface area (Å²) in [5.41, 5.74) is 0. The van der Waals surface area contributed by atoms with Crippen LogP contribution in [0.15, 0.2) is 0 Å². The standard InChI is InChI=1S/C2H5.HN.Ru/c1-2;;/h1H2,2H3;1H;/q-1;;+1. The van der Waals surface area contributed by atoms with Gasteiger partial charge in [-0.2, -0.15) is 6.92 Å². The van der Waals surface area contributed by atoms with Crippen LogP contribution in [0, 0.1) is 11.0 Å². The van der Waals surface area contributed by atoms with E-state index >= 15 is 0 Å². The van der Waals surface area contributed by atoms with E-state index in [2.05, 4.69) is 6.92 Å². The predicted molar refractivity (Wildman–Crippen MR) is 13.8 cm³/mol.